The fourth-order valence-corrected chi connectivity index (χ4v) is 3.69. The number of alkyl halides is 3. The van der Waals surface area contributed by atoms with Crippen LogP contribution in [-0.2, 0) is 11.0 Å². The van der Waals surface area contributed by atoms with Crippen LogP contribution in [0.25, 0.3) is 0 Å². The number of hydrogen-bond acceptors (Lipinski definition) is 4. The monoisotopic (exact) mass is 370 g/mol. The van der Waals surface area contributed by atoms with Crippen molar-refractivity contribution in [2.45, 2.75) is 43.9 Å². The van der Waals surface area contributed by atoms with E-state index in [0.717, 1.165) is 25.6 Å². The molecule has 1 aromatic carbocycles. The molecule has 0 aliphatic carbocycles. The summed E-state index contributed by atoms with van der Waals surface area (Å²) in [4.78, 5) is 12.4. The predicted molar refractivity (Wildman–Crippen MR) is 92.3 cm³/mol. The lowest BCUT2D eigenvalue weighted by molar-refractivity contribution is -0.137. The number of hydrazine groups is 1. The summed E-state index contributed by atoms with van der Waals surface area (Å²) in [7, 11) is 0. The number of carbonyl (C=O) groups excluding carboxylic acids is 1. The zero-order chi connectivity index (χ0) is 18.7. The fourth-order valence-electron chi connectivity index (χ4n) is 3.69. The molecule has 0 aromatic heterocycles. The van der Waals surface area contributed by atoms with E-state index in [1.807, 2.05) is 6.92 Å². The van der Waals surface area contributed by atoms with E-state index in [4.69, 9.17) is 0 Å². The second kappa shape index (κ2) is 7.94. The molecule has 26 heavy (non-hydrogen) atoms. The van der Waals surface area contributed by atoms with Gasteiger partial charge in [-0.25, -0.2) is 5.43 Å². The minimum Gasteiger partial charge on any atom is -0.355 e. The third kappa shape index (κ3) is 4.36. The zero-order valence-corrected chi connectivity index (χ0v) is 14.7. The van der Waals surface area contributed by atoms with Crippen molar-refractivity contribution in [3.05, 3.63) is 35.4 Å². The molecule has 2 aliphatic heterocycles. The van der Waals surface area contributed by atoms with E-state index in [-0.39, 0.29) is 23.8 Å². The highest BCUT2D eigenvalue weighted by Crippen LogP contribution is 2.31. The summed E-state index contributed by atoms with van der Waals surface area (Å²) in [5, 5.41) is 6.21. The van der Waals surface area contributed by atoms with Crippen LogP contribution in [0.1, 0.15) is 36.8 Å². The molecule has 4 N–H and O–H groups in total. The van der Waals surface area contributed by atoms with Gasteiger partial charge in [0.05, 0.1) is 5.56 Å². The Kier molecular flexibility index (Phi) is 5.84. The Hall–Kier alpha value is -1.64. The van der Waals surface area contributed by atoms with Gasteiger partial charge in [-0.2, -0.15) is 13.2 Å². The third-order valence-electron chi connectivity index (χ3n) is 5.32. The van der Waals surface area contributed by atoms with Crippen molar-refractivity contribution >= 4 is 5.91 Å². The minimum absolute atomic E-state index is 0.0649. The maximum Gasteiger partial charge on any atom is 0.416 e. The molecule has 2 heterocycles. The summed E-state index contributed by atoms with van der Waals surface area (Å²) < 4.78 is 38.5. The molecular weight excluding hydrogens is 345 g/mol. The maximum absolute atomic E-state index is 12.8. The van der Waals surface area contributed by atoms with Gasteiger partial charge >= 0.3 is 6.18 Å². The molecule has 0 radical (unpaired) electrons. The zero-order valence-electron chi connectivity index (χ0n) is 14.7. The number of fused-ring (bicyclic) bond motifs is 1. The van der Waals surface area contributed by atoms with Crippen molar-refractivity contribution in [2.75, 3.05) is 19.6 Å². The number of piperidine rings is 1. The van der Waals surface area contributed by atoms with Crippen LogP contribution < -0.4 is 21.5 Å². The van der Waals surface area contributed by atoms with Crippen molar-refractivity contribution in [1.82, 2.24) is 21.5 Å². The minimum atomic E-state index is -4.34. The molecule has 2 saturated heterocycles. The van der Waals surface area contributed by atoms with Crippen LogP contribution in [0, 0.1) is 5.92 Å². The molecule has 1 amide bonds. The molecule has 2 aliphatic rings. The summed E-state index contributed by atoms with van der Waals surface area (Å²) in [6, 6.07) is 5.41. The third-order valence-corrected chi connectivity index (χ3v) is 5.32. The average Bonchev–Trinajstić information content (AvgIpc) is 3.05. The quantitative estimate of drug-likeness (QED) is 0.638. The first-order valence-electron chi connectivity index (χ1n) is 9.03. The standard InChI is InChI=1S/C18H25F3N4O/c1-11(12-3-2-4-13(9-12)18(19,20)21)5-8-23-17(26)16-14-10-22-7-6-15(14)24-25-16/h2-4,9,11,14-16,22,24-25H,5-8,10H2,1H3,(H,23,26). The SMILES string of the molecule is CC(CCNC(=O)C1NNC2CCNCC21)c1cccc(C(F)(F)F)c1. The van der Waals surface area contributed by atoms with Crippen molar-refractivity contribution < 1.29 is 18.0 Å². The highest BCUT2D eigenvalue weighted by Gasteiger charge is 2.40. The summed E-state index contributed by atoms with van der Waals surface area (Å²) in [5.74, 6) is 0.0749. The number of hydrogen-bond donors (Lipinski definition) is 4. The number of nitrogens with one attached hydrogen (secondary N) is 4. The van der Waals surface area contributed by atoms with Gasteiger partial charge in [0, 0.05) is 25.0 Å². The average molecular weight is 370 g/mol. The number of amides is 1. The Morgan fingerprint density at radius 2 is 2.15 bits per heavy atom. The Balaban J connectivity index is 1.49. The van der Waals surface area contributed by atoms with E-state index >= 15 is 0 Å². The van der Waals surface area contributed by atoms with Crippen LogP contribution in [0.15, 0.2) is 24.3 Å². The lowest BCUT2D eigenvalue weighted by Gasteiger charge is -2.27. The van der Waals surface area contributed by atoms with Gasteiger partial charge in [-0.05, 0) is 36.9 Å². The second-order valence-electron chi connectivity index (χ2n) is 7.13. The van der Waals surface area contributed by atoms with Crippen LogP contribution in [0.5, 0.6) is 0 Å². The van der Waals surface area contributed by atoms with Gasteiger partial charge < -0.3 is 10.6 Å². The van der Waals surface area contributed by atoms with Gasteiger partial charge in [0.2, 0.25) is 5.91 Å². The summed E-state index contributed by atoms with van der Waals surface area (Å²) >= 11 is 0. The topological polar surface area (TPSA) is 65.2 Å². The van der Waals surface area contributed by atoms with Crippen LogP contribution in [-0.4, -0.2) is 37.6 Å². The van der Waals surface area contributed by atoms with Gasteiger partial charge in [0.15, 0.2) is 0 Å². The van der Waals surface area contributed by atoms with E-state index in [1.165, 1.54) is 12.1 Å². The van der Waals surface area contributed by atoms with Crippen molar-refractivity contribution in [3.63, 3.8) is 0 Å². The van der Waals surface area contributed by atoms with E-state index < -0.39 is 11.7 Å². The Morgan fingerprint density at radius 3 is 2.92 bits per heavy atom. The molecule has 8 heteroatoms. The lowest BCUT2D eigenvalue weighted by atomic mass is 9.89. The molecule has 144 valence electrons. The number of rotatable bonds is 5. The first-order valence-corrected chi connectivity index (χ1v) is 9.03. The van der Waals surface area contributed by atoms with Gasteiger partial charge in [-0.1, -0.05) is 25.1 Å². The Bertz CT molecular complexity index is 637. The van der Waals surface area contributed by atoms with Gasteiger partial charge in [-0.3, -0.25) is 10.2 Å². The molecule has 5 nitrogen and oxygen atoms in total. The highest BCUT2D eigenvalue weighted by atomic mass is 19.4. The van der Waals surface area contributed by atoms with Crippen LogP contribution in [0.4, 0.5) is 13.2 Å². The summed E-state index contributed by atoms with van der Waals surface area (Å²) in [6.45, 7) is 4.04. The first-order chi connectivity index (χ1) is 12.4. The molecule has 1 aromatic rings. The first kappa shape index (κ1) is 19.1. The van der Waals surface area contributed by atoms with Crippen LogP contribution in [0.2, 0.25) is 0 Å². The number of halogens is 3. The van der Waals surface area contributed by atoms with Crippen molar-refractivity contribution in [1.29, 1.82) is 0 Å². The molecule has 4 atom stereocenters. The lowest BCUT2D eigenvalue weighted by Crippen LogP contribution is -2.49. The second-order valence-corrected chi connectivity index (χ2v) is 7.13. The molecule has 0 spiro atoms. The highest BCUT2D eigenvalue weighted by molar-refractivity contribution is 5.82. The van der Waals surface area contributed by atoms with Gasteiger partial charge in [-0.15, -0.1) is 0 Å². The summed E-state index contributed by atoms with van der Waals surface area (Å²) in [6.07, 6.45) is -2.77. The van der Waals surface area contributed by atoms with E-state index in [1.54, 1.807) is 6.07 Å². The molecule has 3 rings (SSSR count). The van der Waals surface area contributed by atoms with Crippen molar-refractivity contribution in [3.8, 4) is 0 Å². The fraction of sp³-hybridized carbons (Fsp3) is 0.611. The summed E-state index contributed by atoms with van der Waals surface area (Å²) in [5.41, 5.74) is 6.24. The molecular formula is C18H25F3N4O. The number of carbonyl (C=O) groups is 1. The van der Waals surface area contributed by atoms with Crippen LogP contribution in [0.3, 0.4) is 0 Å². The van der Waals surface area contributed by atoms with E-state index in [9.17, 15) is 18.0 Å². The maximum atomic E-state index is 12.8. The normalized spacial score (nSPS) is 27.0. The van der Waals surface area contributed by atoms with Crippen molar-refractivity contribution in [2.24, 2.45) is 5.92 Å². The smallest absolute Gasteiger partial charge is 0.355 e. The predicted octanol–water partition coefficient (Wildman–Crippen LogP) is 1.77. The molecule has 2 fully saturated rings. The molecule has 0 saturated carbocycles. The molecule has 4 unspecified atom stereocenters. The Morgan fingerprint density at radius 1 is 1.35 bits per heavy atom. The van der Waals surface area contributed by atoms with Crippen LogP contribution >= 0.6 is 0 Å². The van der Waals surface area contributed by atoms with Gasteiger partial charge in [0.1, 0.15) is 6.04 Å². The van der Waals surface area contributed by atoms with E-state index in [0.29, 0.717) is 24.6 Å². The van der Waals surface area contributed by atoms with E-state index in [2.05, 4.69) is 21.5 Å². The largest absolute Gasteiger partial charge is 0.416 e. The molecule has 0 bridgehead atoms. The number of benzene rings is 1. The Labute approximate surface area is 151 Å². The van der Waals surface area contributed by atoms with Gasteiger partial charge in [0.25, 0.3) is 0 Å².